The summed E-state index contributed by atoms with van der Waals surface area (Å²) in [5.41, 5.74) is 0. The zero-order chi connectivity index (χ0) is 44.6. The summed E-state index contributed by atoms with van der Waals surface area (Å²) in [6, 6.07) is 0. The SMILES string of the molecule is CCCCCCC/C=C\C/C=C\CCCCCCCCCCCC(=O)OC(COC(=O)CCCCCCCCCCCCCCCCCCCCCC)COP(=O)(O)OCC. The number of rotatable bonds is 49. The monoisotopic (exact) mass is 883 g/mol. The first-order valence-electron chi connectivity index (χ1n) is 26.1. The highest BCUT2D eigenvalue weighted by molar-refractivity contribution is 7.47. The zero-order valence-electron chi connectivity index (χ0n) is 40.3. The lowest BCUT2D eigenvalue weighted by Crippen LogP contribution is -2.29. The molecule has 0 amide bonds. The molecule has 0 rings (SSSR count). The molecular formula is C52H99O8P. The van der Waals surface area contributed by atoms with Gasteiger partial charge in [-0.15, -0.1) is 0 Å². The molecule has 2 atom stereocenters. The van der Waals surface area contributed by atoms with E-state index in [9.17, 15) is 19.0 Å². The van der Waals surface area contributed by atoms with Crippen molar-refractivity contribution in [2.45, 2.75) is 277 Å². The molecule has 0 heterocycles. The molecule has 9 heteroatoms. The molecule has 0 saturated carbocycles. The van der Waals surface area contributed by atoms with Crippen LogP contribution in [0.15, 0.2) is 24.3 Å². The van der Waals surface area contributed by atoms with E-state index in [0.717, 1.165) is 44.9 Å². The Morgan fingerprint density at radius 1 is 0.443 bits per heavy atom. The van der Waals surface area contributed by atoms with Gasteiger partial charge in [0.25, 0.3) is 0 Å². The van der Waals surface area contributed by atoms with Gasteiger partial charge in [0.2, 0.25) is 0 Å². The molecule has 0 radical (unpaired) electrons. The van der Waals surface area contributed by atoms with Gasteiger partial charge in [0.05, 0.1) is 13.2 Å². The zero-order valence-corrected chi connectivity index (χ0v) is 41.2. The van der Waals surface area contributed by atoms with Crippen molar-refractivity contribution in [1.29, 1.82) is 0 Å². The van der Waals surface area contributed by atoms with Gasteiger partial charge in [-0.3, -0.25) is 18.6 Å². The van der Waals surface area contributed by atoms with E-state index in [2.05, 4.69) is 38.2 Å². The minimum Gasteiger partial charge on any atom is -0.462 e. The van der Waals surface area contributed by atoms with Gasteiger partial charge in [0.1, 0.15) is 6.61 Å². The normalized spacial score (nSPS) is 13.3. The number of carbonyl (C=O) groups excluding carboxylic acids is 2. The molecule has 2 unspecified atom stereocenters. The number of hydrogen-bond acceptors (Lipinski definition) is 7. The maximum absolute atomic E-state index is 12.6. The van der Waals surface area contributed by atoms with E-state index < -0.39 is 19.9 Å². The molecule has 0 fully saturated rings. The Kier molecular flexibility index (Phi) is 46.8. The van der Waals surface area contributed by atoms with Gasteiger partial charge in [-0.2, -0.15) is 0 Å². The van der Waals surface area contributed by atoms with Crippen molar-refractivity contribution in [2.24, 2.45) is 0 Å². The minimum atomic E-state index is -4.28. The van der Waals surface area contributed by atoms with Crippen LogP contribution in [-0.2, 0) is 32.7 Å². The lowest BCUT2D eigenvalue weighted by molar-refractivity contribution is -0.161. The maximum Gasteiger partial charge on any atom is 0.472 e. The third-order valence-corrected chi connectivity index (χ3v) is 12.6. The van der Waals surface area contributed by atoms with Gasteiger partial charge in [0, 0.05) is 12.8 Å². The van der Waals surface area contributed by atoms with Gasteiger partial charge in [0.15, 0.2) is 6.10 Å². The first-order valence-corrected chi connectivity index (χ1v) is 27.6. The van der Waals surface area contributed by atoms with Gasteiger partial charge >= 0.3 is 19.8 Å². The van der Waals surface area contributed by atoms with Crippen LogP contribution in [0, 0.1) is 0 Å². The molecule has 0 bridgehead atoms. The molecule has 360 valence electrons. The molecule has 61 heavy (non-hydrogen) atoms. The van der Waals surface area contributed by atoms with Crippen LogP contribution in [0.4, 0.5) is 0 Å². The van der Waals surface area contributed by atoms with Crippen molar-refractivity contribution in [3.63, 3.8) is 0 Å². The smallest absolute Gasteiger partial charge is 0.462 e. The van der Waals surface area contributed by atoms with Crippen LogP contribution in [0.1, 0.15) is 271 Å². The van der Waals surface area contributed by atoms with Crippen LogP contribution in [0.2, 0.25) is 0 Å². The van der Waals surface area contributed by atoms with Crippen LogP contribution >= 0.6 is 7.82 Å². The maximum atomic E-state index is 12.6. The standard InChI is InChI=1S/C52H99O8P/c1-4-7-9-11-13-15-17-19-21-23-25-27-29-31-33-35-37-39-41-43-45-47-52(54)60-50(49-59-61(55,56)58-6-3)48-57-51(53)46-44-42-40-38-36-34-32-30-28-26-24-22-20-18-16-14-12-10-8-5-2/h17,19,23,25,50H,4-16,18,20-22,24,26-49H2,1-3H3,(H,55,56)/b19-17-,25-23-. The average molecular weight is 883 g/mol. The number of phosphoric acid groups is 1. The summed E-state index contributed by atoms with van der Waals surface area (Å²) in [5, 5.41) is 0. The molecule has 0 aliphatic rings. The number of hydrogen-bond donors (Lipinski definition) is 1. The molecule has 0 saturated heterocycles. The fraction of sp³-hybridized carbons (Fsp3) is 0.885. The van der Waals surface area contributed by atoms with Crippen molar-refractivity contribution in [1.82, 2.24) is 0 Å². The van der Waals surface area contributed by atoms with E-state index in [4.69, 9.17) is 18.5 Å². The van der Waals surface area contributed by atoms with Crippen LogP contribution in [0.25, 0.3) is 0 Å². The van der Waals surface area contributed by atoms with E-state index in [-0.39, 0.29) is 32.2 Å². The largest absolute Gasteiger partial charge is 0.472 e. The Hall–Kier alpha value is -1.47. The number of carbonyl (C=O) groups is 2. The van der Waals surface area contributed by atoms with Crippen LogP contribution in [-0.4, -0.2) is 42.8 Å². The molecule has 0 aromatic heterocycles. The lowest BCUT2D eigenvalue weighted by atomic mass is 10.0. The summed E-state index contributed by atoms with van der Waals surface area (Å²) in [6.45, 7) is 5.52. The summed E-state index contributed by atoms with van der Waals surface area (Å²) < 4.78 is 32.8. The van der Waals surface area contributed by atoms with E-state index >= 15 is 0 Å². The highest BCUT2D eigenvalue weighted by Crippen LogP contribution is 2.43. The second-order valence-electron chi connectivity index (χ2n) is 17.5. The number of phosphoric ester groups is 1. The number of esters is 2. The topological polar surface area (TPSA) is 108 Å². The second kappa shape index (κ2) is 48.0. The Morgan fingerprint density at radius 2 is 0.787 bits per heavy atom. The molecule has 0 aliphatic carbocycles. The molecule has 1 N–H and O–H groups in total. The summed E-state index contributed by atoms with van der Waals surface area (Å²) in [5.74, 6) is -0.787. The fourth-order valence-electron chi connectivity index (χ4n) is 7.66. The third-order valence-electron chi connectivity index (χ3n) is 11.5. The van der Waals surface area contributed by atoms with E-state index in [1.54, 1.807) is 6.92 Å². The Morgan fingerprint density at radius 3 is 1.16 bits per heavy atom. The van der Waals surface area contributed by atoms with Gasteiger partial charge in [-0.1, -0.05) is 231 Å². The Bertz CT molecular complexity index is 1050. The predicted octanol–water partition coefficient (Wildman–Crippen LogP) is 17.0. The van der Waals surface area contributed by atoms with Crippen LogP contribution in [0.3, 0.4) is 0 Å². The molecule has 0 aliphatic heterocycles. The lowest BCUT2D eigenvalue weighted by Gasteiger charge is -2.19. The fourth-order valence-corrected chi connectivity index (χ4v) is 8.42. The van der Waals surface area contributed by atoms with Crippen molar-refractivity contribution in [3.8, 4) is 0 Å². The highest BCUT2D eigenvalue weighted by atomic mass is 31.2. The van der Waals surface area contributed by atoms with Crippen molar-refractivity contribution < 1.29 is 37.6 Å². The predicted molar refractivity (Wildman–Crippen MR) is 258 cm³/mol. The summed E-state index contributed by atoms with van der Waals surface area (Å²) >= 11 is 0. The van der Waals surface area contributed by atoms with E-state index in [0.29, 0.717) is 12.8 Å². The minimum absolute atomic E-state index is 0.00192. The number of allylic oxidation sites excluding steroid dienone is 4. The van der Waals surface area contributed by atoms with Gasteiger partial charge in [-0.05, 0) is 51.9 Å². The molecule has 8 nitrogen and oxygen atoms in total. The Labute approximate surface area is 377 Å². The summed E-state index contributed by atoms with van der Waals surface area (Å²) in [7, 11) is -4.28. The molecular weight excluding hydrogens is 784 g/mol. The first-order chi connectivity index (χ1) is 29.8. The summed E-state index contributed by atoms with van der Waals surface area (Å²) in [4.78, 5) is 34.9. The first kappa shape index (κ1) is 59.5. The van der Waals surface area contributed by atoms with Gasteiger partial charge < -0.3 is 14.4 Å². The second-order valence-corrected chi connectivity index (χ2v) is 19.0. The molecule has 0 aromatic rings. The average Bonchev–Trinajstić information content (AvgIpc) is 3.24. The van der Waals surface area contributed by atoms with Crippen molar-refractivity contribution in [2.75, 3.05) is 19.8 Å². The quantitative estimate of drug-likeness (QED) is 0.0279. The third kappa shape index (κ3) is 47.8. The van der Waals surface area contributed by atoms with Gasteiger partial charge in [-0.25, -0.2) is 4.57 Å². The van der Waals surface area contributed by atoms with Crippen LogP contribution < -0.4 is 0 Å². The highest BCUT2D eigenvalue weighted by Gasteiger charge is 2.25. The van der Waals surface area contributed by atoms with Crippen molar-refractivity contribution in [3.05, 3.63) is 24.3 Å². The van der Waals surface area contributed by atoms with E-state index in [1.807, 2.05) is 0 Å². The van der Waals surface area contributed by atoms with E-state index in [1.165, 1.54) is 186 Å². The summed E-state index contributed by atoms with van der Waals surface area (Å²) in [6.07, 6.45) is 55.3. The molecule has 0 spiro atoms. The number of unbranched alkanes of at least 4 members (excludes halogenated alkanes) is 33. The van der Waals surface area contributed by atoms with Crippen LogP contribution in [0.5, 0.6) is 0 Å². The molecule has 0 aromatic carbocycles. The Balaban J connectivity index is 3.95. The van der Waals surface area contributed by atoms with Crippen molar-refractivity contribution >= 4 is 19.8 Å². The number of ether oxygens (including phenoxy) is 2.